The Morgan fingerprint density at radius 3 is 2.62 bits per heavy atom. The van der Waals surface area contributed by atoms with Crippen LogP contribution in [0.4, 0.5) is 0 Å². The van der Waals surface area contributed by atoms with Gasteiger partial charge in [0.15, 0.2) is 0 Å². The zero-order valence-corrected chi connectivity index (χ0v) is 14.5. The molecule has 0 unspecified atom stereocenters. The molecular formula is C18H24O6. The van der Waals surface area contributed by atoms with Crippen molar-refractivity contribution in [3.8, 4) is 0 Å². The van der Waals surface area contributed by atoms with E-state index in [1.54, 1.807) is 7.11 Å². The van der Waals surface area contributed by atoms with Crippen LogP contribution in [0.25, 0.3) is 0 Å². The minimum Gasteiger partial charge on any atom is -0.461 e. The third-order valence-electron chi connectivity index (χ3n) is 6.13. The maximum atomic E-state index is 12.9. The fourth-order valence-electron chi connectivity index (χ4n) is 5.12. The Morgan fingerprint density at radius 1 is 1.38 bits per heavy atom. The predicted molar refractivity (Wildman–Crippen MR) is 83.9 cm³/mol. The van der Waals surface area contributed by atoms with E-state index in [4.69, 9.17) is 14.2 Å². The summed E-state index contributed by atoms with van der Waals surface area (Å²) in [4.78, 5) is 36.7. The van der Waals surface area contributed by atoms with Gasteiger partial charge in [-0.3, -0.25) is 9.59 Å². The lowest BCUT2D eigenvalue weighted by Gasteiger charge is -2.40. The Labute approximate surface area is 141 Å². The Kier molecular flexibility index (Phi) is 4.06. The second kappa shape index (κ2) is 5.69. The van der Waals surface area contributed by atoms with E-state index in [-0.39, 0.29) is 29.3 Å². The molecule has 0 aromatic carbocycles. The van der Waals surface area contributed by atoms with Gasteiger partial charge in [-0.1, -0.05) is 13.5 Å². The first-order valence-corrected chi connectivity index (χ1v) is 8.34. The van der Waals surface area contributed by atoms with Gasteiger partial charge >= 0.3 is 11.9 Å². The molecule has 3 aliphatic rings. The van der Waals surface area contributed by atoms with Crippen LogP contribution in [0.15, 0.2) is 12.2 Å². The quantitative estimate of drug-likeness (QED) is 0.564. The SMILES string of the molecule is C=C1C(=O)O[C@H]2C[C@@H](C)[C@@H]3[C@@H](OC)CC(=O)[C@@]3(C)[C@@H](OC(C)=O)[C@H]12. The predicted octanol–water partition coefficient (Wildman–Crippen LogP) is 1.67. The first-order valence-electron chi connectivity index (χ1n) is 8.34. The van der Waals surface area contributed by atoms with Gasteiger partial charge in [0.05, 0.1) is 17.4 Å². The molecule has 3 fully saturated rings. The van der Waals surface area contributed by atoms with Crippen molar-refractivity contribution >= 4 is 17.7 Å². The number of Topliss-reactive ketones (excluding diaryl/α,β-unsaturated/α-hetero) is 1. The Balaban J connectivity index is 2.13. The van der Waals surface area contributed by atoms with E-state index in [2.05, 4.69) is 6.58 Å². The number of rotatable bonds is 2. The van der Waals surface area contributed by atoms with Gasteiger partial charge in [-0.2, -0.15) is 0 Å². The van der Waals surface area contributed by atoms with E-state index in [0.717, 1.165) is 0 Å². The number of carbonyl (C=O) groups excluding carboxylic acids is 3. The molecular weight excluding hydrogens is 312 g/mol. The highest BCUT2D eigenvalue weighted by molar-refractivity contribution is 5.93. The van der Waals surface area contributed by atoms with Crippen LogP contribution in [0, 0.1) is 23.2 Å². The number of ether oxygens (including phenoxy) is 3. The maximum absolute atomic E-state index is 12.9. The number of ketones is 1. The standard InChI is InChI=1S/C18H24O6/c1-8-6-11-14(9(2)17(21)24-11)16(23-10(3)19)18(4)13(20)7-12(22-5)15(8)18/h8,11-12,14-16H,2,6-7H2,1,3-5H3/t8-,11+,12+,14-,15-,16+,18-/m1/s1. The average Bonchev–Trinajstić information content (AvgIpc) is 2.89. The third kappa shape index (κ3) is 2.23. The Hall–Kier alpha value is -1.69. The second-order valence-corrected chi connectivity index (χ2v) is 7.45. The van der Waals surface area contributed by atoms with E-state index in [1.165, 1.54) is 6.92 Å². The van der Waals surface area contributed by atoms with Crippen LogP contribution in [-0.4, -0.2) is 43.1 Å². The summed E-state index contributed by atoms with van der Waals surface area (Å²) in [6.45, 7) is 9.03. The summed E-state index contributed by atoms with van der Waals surface area (Å²) in [6, 6.07) is 0. The molecule has 0 aromatic heterocycles. The van der Waals surface area contributed by atoms with Gasteiger partial charge in [0.2, 0.25) is 0 Å². The van der Waals surface area contributed by atoms with E-state index in [9.17, 15) is 14.4 Å². The lowest BCUT2D eigenvalue weighted by Crippen LogP contribution is -2.49. The molecule has 132 valence electrons. The summed E-state index contributed by atoms with van der Waals surface area (Å²) in [5.74, 6) is -1.45. The van der Waals surface area contributed by atoms with Gasteiger partial charge in [-0.05, 0) is 19.3 Å². The largest absolute Gasteiger partial charge is 0.461 e. The van der Waals surface area contributed by atoms with E-state index in [0.29, 0.717) is 12.8 Å². The average molecular weight is 336 g/mol. The molecule has 3 rings (SSSR count). The molecule has 0 radical (unpaired) electrons. The number of hydrogen-bond donors (Lipinski definition) is 0. The summed E-state index contributed by atoms with van der Waals surface area (Å²) in [5, 5.41) is 0. The molecule has 7 atom stereocenters. The number of fused-ring (bicyclic) bond motifs is 2. The Morgan fingerprint density at radius 2 is 2.04 bits per heavy atom. The summed E-state index contributed by atoms with van der Waals surface area (Å²) in [5.41, 5.74) is -0.628. The van der Waals surface area contributed by atoms with Crippen molar-refractivity contribution in [3.05, 3.63) is 12.2 Å². The highest BCUT2D eigenvalue weighted by atomic mass is 16.6. The first kappa shape index (κ1) is 17.1. The van der Waals surface area contributed by atoms with Gasteiger partial charge < -0.3 is 14.2 Å². The first-order chi connectivity index (χ1) is 11.2. The molecule has 0 amide bonds. The minimum absolute atomic E-state index is 0.00486. The van der Waals surface area contributed by atoms with Crippen LogP contribution in [0.1, 0.15) is 33.6 Å². The number of carbonyl (C=O) groups is 3. The Bertz CT molecular complexity index is 611. The fraction of sp³-hybridized carbons (Fsp3) is 0.722. The molecule has 0 aromatic rings. The molecule has 1 aliphatic heterocycles. The second-order valence-electron chi connectivity index (χ2n) is 7.45. The lowest BCUT2D eigenvalue weighted by molar-refractivity contribution is -0.164. The fourth-order valence-corrected chi connectivity index (χ4v) is 5.12. The van der Waals surface area contributed by atoms with Crippen molar-refractivity contribution in [1.29, 1.82) is 0 Å². The minimum atomic E-state index is -0.915. The topological polar surface area (TPSA) is 78.9 Å². The van der Waals surface area contributed by atoms with E-state index >= 15 is 0 Å². The molecule has 24 heavy (non-hydrogen) atoms. The van der Waals surface area contributed by atoms with Crippen molar-refractivity contribution in [2.24, 2.45) is 23.2 Å². The summed E-state index contributed by atoms with van der Waals surface area (Å²) < 4.78 is 16.7. The molecule has 0 bridgehead atoms. The summed E-state index contributed by atoms with van der Waals surface area (Å²) in [6.07, 6.45) is -0.518. The van der Waals surface area contributed by atoms with Crippen LogP contribution in [0.5, 0.6) is 0 Å². The van der Waals surface area contributed by atoms with Gasteiger partial charge in [0.25, 0.3) is 0 Å². The molecule has 1 heterocycles. The van der Waals surface area contributed by atoms with Crippen LogP contribution >= 0.6 is 0 Å². The zero-order valence-electron chi connectivity index (χ0n) is 14.5. The molecule has 0 spiro atoms. The van der Waals surface area contributed by atoms with E-state index in [1.807, 2.05) is 13.8 Å². The van der Waals surface area contributed by atoms with Crippen molar-refractivity contribution < 1.29 is 28.6 Å². The van der Waals surface area contributed by atoms with Gasteiger partial charge in [-0.25, -0.2) is 4.79 Å². The van der Waals surface area contributed by atoms with Crippen LogP contribution in [0.2, 0.25) is 0 Å². The molecule has 2 saturated carbocycles. The summed E-state index contributed by atoms with van der Waals surface area (Å²) >= 11 is 0. The smallest absolute Gasteiger partial charge is 0.334 e. The van der Waals surface area contributed by atoms with E-state index < -0.39 is 35.5 Å². The van der Waals surface area contributed by atoms with Crippen LogP contribution in [0.3, 0.4) is 0 Å². The van der Waals surface area contributed by atoms with Gasteiger partial charge in [-0.15, -0.1) is 0 Å². The maximum Gasteiger partial charge on any atom is 0.334 e. The lowest BCUT2D eigenvalue weighted by atomic mass is 9.67. The van der Waals surface area contributed by atoms with Crippen molar-refractivity contribution in [1.82, 2.24) is 0 Å². The van der Waals surface area contributed by atoms with Gasteiger partial charge in [0, 0.05) is 31.9 Å². The number of esters is 2. The van der Waals surface area contributed by atoms with Crippen molar-refractivity contribution in [2.45, 2.75) is 51.9 Å². The molecule has 1 saturated heterocycles. The van der Waals surface area contributed by atoms with Crippen molar-refractivity contribution in [3.63, 3.8) is 0 Å². The zero-order chi connectivity index (χ0) is 17.8. The molecule has 6 nitrogen and oxygen atoms in total. The monoisotopic (exact) mass is 336 g/mol. The van der Waals surface area contributed by atoms with Gasteiger partial charge in [0.1, 0.15) is 18.0 Å². The molecule has 0 N–H and O–H groups in total. The molecule has 6 heteroatoms. The number of hydrogen-bond acceptors (Lipinski definition) is 6. The van der Waals surface area contributed by atoms with Crippen LogP contribution < -0.4 is 0 Å². The third-order valence-corrected chi connectivity index (χ3v) is 6.13. The normalized spacial score (nSPS) is 44.6. The summed E-state index contributed by atoms with van der Waals surface area (Å²) in [7, 11) is 1.60. The highest BCUT2D eigenvalue weighted by Crippen LogP contribution is 2.57. The highest BCUT2D eigenvalue weighted by Gasteiger charge is 2.65. The van der Waals surface area contributed by atoms with Crippen LogP contribution in [-0.2, 0) is 28.6 Å². The van der Waals surface area contributed by atoms with Crippen molar-refractivity contribution in [2.75, 3.05) is 7.11 Å². The molecule has 2 aliphatic carbocycles. The number of methoxy groups -OCH3 is 1.